The van der Waals surface area contributed by atoms with Crippen LogP contribution in [0, 0.1) is 13.8 Å². The lowest BCUT2D eigenvalue weighted by Gasteiger charge is -2.24. The average Bonchev–Trinajstić information content (AvgIpc) is 3.02. The first-order valence-corrected chi connectivity index (χ1v) is 10.7. The molecule has 27 heavy (non-hydrogen) atoms. The second-order valence-electron chi connectivity index (χ2n) is 7.25. The van der Waals surface area contributed by atoms with Gasteiger partial charge in [0.2, 0.25) is 0 Å². The number of rotatable bonds is 3. The summed E-state index contributed by atoms with van der Waals surface area (Å²) in [7, 11) is -1.68. The molecule has 2 amide bonds. The standard InChI is InChI=1S/C20H22N2O4S/c1-13-8-14(2)10-15(9-13)21-17-11-27(24,25)12-18(17)22(20(21)23)16-6-4-5-7-19(16)26-3/h4-10,17-18H,11-12H2,1-3H3/t17-,18-/m0/s1. The highest BCUT2D eigenvalue weighted by molar-refractivity contribution is 7.91. The zero-order valence-electron chi connectivity index (χ0n) is 15.5. The van der Waals surface area contributed by atoms with Crippen molar-refractivity contribution in [2.45, 2.75) is 25.9 Å². The molecule has 0 spiro atoms. The highest BCUT2D eigenvalue weighted by Crippen LogP contribution is 2.41. The second kappa shape index (κ2) is 6.27. The summed E-state index contributed by atoms with van der Waals surface area (Å²) in [4.78, 5) is 16.7. The number of carbonyl (C=O) groups excluding carboxylic acids is 1. The van der Waals surface area contributed by atoms with Gasteiger partial charge in [-0.1, -0.05) is 18.2 Å². The van der Waals surface area contributed by atoms with E-state index in [-0.39, 0.29) is 17.5 Å². The van der Waals surface area contributed by atoms with Gasteiger partial charge in [-0.05, 0) is 49.2 Å². The van der Waals surface area contributed by atoms with E-state index in [4.69, 9.17) is 4.74 Å². The molecule has 0 aromatic heterocycles. The number of methoxy groups -OCH3 is 1. The summed E-state index contributed by atoms with van der Waals surface area (Å²) in [5.74, 6) is 0.487. The number of para-hydroxylation sites is 2. The Kier molecular flexibility index (Phi) is 4.14. The number of amides is 2. The van der Waals surface area contributed by atoms with Crippen LogP contribution in [0.15, 0.2) is 42.5 Å². The number of nitrogens with zero attached hydrogens (tertiary/aromatic N) is 2. The molecule has 7 heteroatoms. The lowest BCUT2D eigenvalue weighted by Crippen LogP contribution is -2.38. The number of aryl methyl sites for hydroxylation is 2. The Balaban J connectivity index is 1.86. The first kappa shape index (κ1) is 17.9. The number of hydrogen-bond donors (Lipinski definition) is 0. The highest BCUT2D eigenvalue weighted by Gasteiger charge is 2.55. The topological polar surface area (TPSA) is 66.9 Å². The first-order chi connectivity index (χ1) is 12.8. The Labute approximate surface area is 159 Å². The minimum Gasteiger partial charge on any atom is -0.495 e. The van der Waals surface area contributed by atoms with Crippen LogP contribution in [-0.2, 0) is 9.84 Å². The van der Waals surface area contributed by atoms with Crippen LogP contribution in [0.2, 0.25) is 0 Å². The Morgan fingerprint density at radius 2 is 1.56 bits per heavy atom. The van der Waals surface area contributed by atoms with Gasteiger partial charge < -0.3 is 4.74 Å². The van der Waals surface area contributed by atoms with Gasteiger partial charge in [0.15, 0.2) is 9.84 Å². The molecule has 0 aliphatic carbocycles. The van der Waals surface area contributed by atoms with Crippen molar-refractivity contribution in [1.29, 1.82) is 0 Å². The van der Waals surface area contributed by atoms with E-state index >= 15 is 0 Å². The van der Waals surface area contributed by atoms with E-state index in [9.17, 15) is 13.2 Å². The smallest absolute Gasteiger partial charge is 0.329 e. The molecule has 2 aromatic carbocycles. The number of anilines is 2. The van der Waals surface area contributed by atoms with Gasteiger partial charge in [0, 0.05) is 5.69 Å². The summed E-state index contributed by atoms with van der Waals surface area (Å²) in [6.07, 6.45) is 0. The van der Waals surface area contributed by atoms with Crippen LogP contribution in [0.25, 0.3) is 0 Å². The normalized spacial score (nSPS) is 23.6. The van der Waals surface area contributed by atoms with E-state index in [0.717, 1.165) is 16.8 Å². The number of fused-ring (bicyclic) bond motifs is 1. The van der Waals surface area contributed by atoms with Crippen LogP contribution >= 0.6 is 0 Å². The van der Waals surface area contributed by atoms with Gasteiger partial charge in [-0.3, -0.25) is 9.80 Å². The van der Waals surface area contributed by atoms with E-state index in [1.165, 1.54) is 0 Å². The van der Waals surface area contributed by atoms with Crippen molar-refractivity contribution >= 4 is 27.2 Å². The van der Waals surface area contributed by atoms with Crippen molar-refractivity contribution in [2.75, 3.05) is 28.4 Å². The summed E-state index contributed by atoms with van der Waals surface area (Å²) < 4.78 is 30.2. The molecule has 0 N–H and O–H groups in total. The second-order valence-corrected chi connectivity index (χ2v) is 9.41. The number of benzene rings is 2. The number of urea groups is 1. The molecule has 0 saturated carbocycles. The molecule has 142 valence electrons. The molecular formula is C20H22N2O4S. The maximum Gasteiger partial charge on any atom is 0.329 e. The van der Waals surface area contributed by atoms with Gasteiger partial charge >= 0.3 is 6.03 Å². The molecule has 2 atom stereocenters. The monoisotopic (exact) mass is 386 g/mol. The molecule has 2 aliphatic heterocycles. The van der Waals surface area contributed by atoms with Crippen LogP contribution in [0.3, 0.4) is 0 Å². The third kappa shape index (κ3) is 2.96. The van der Waals surface area contributed by atoms with Crippen molar-refractivity contribution in [3.8, 4) is 5.75 Å². The number of carbonyl (C=O) groups is 1. The molecule has 2 fully saturated rings. The third-order valence-electron chi connectivity index (χ3n) is 5.20. The Morgan fingerprint density at radius 1 is 0.963 bits per heavy atom. The quantitative estimate of drug-likeness (QED) is 0.761. The Morgan fingerprint density at radius 3 is 2.19 bits per heavy atom. The van der Waals surface area contributed by atoms with Crippen molar-refractivity contribution in [2.24, 2.45) is 0 Å². The zero-order valence-corrected chi connectivity index (χ0v) is 16.4. The fourth-order valence-electron chi connectivity index (χ4n) is 4.21. The van der Waals surface area contributed by atoms with E-state index in [0.29, 0.717) is 11.4 Å². The minimum absolute atomic E-state index is 0.0257. The molecule has 2 heterocycles. The van der Waals surface area contributed by atoms with Gasteiger partial charge in [-0.15, -0.1) is 0 Å². The number of ether oxygens (including phenoxy) is 1. The molecule has 0 bridgehead atoms. The van der Waals surface area contributed by atoms with E-state index < -0.39 is 21.9 Å². The van der Waals surface area contributed by atoms with Gasteiger partial charge in [0.1, 0.15) is 5.75 Å². The van der Waals surface area contributed by atoms with Gasteiger partial charge in [-0.25, -0.2) is 13.2 Å². The third-order valence-corrected chi connectivity index (χ3v) is 6.90. The van der Waals surface area contributed by atoms with Crippen molar-refractivity contribution < 1.29 is 17.9 Å². The summed E-state index contributed by atoms with van der Waals surface area (Å²) in [6.45, 7) is 3.94. The summed E-state index contributed by atoms with van der Waals surface area (Å²) in [6, 6.07) is 12.1. The maximum atomic E-state index is 13.4. The predicted molar refractivity (Wildman–Crippen MR) is 105 cm³/mol. The van der Waals surface area contributed by atoms with Crippen LogP contribution < -0.4 is 14.5 Å². The lowest BCUT2D eigenvalue weighted by molar-refractivity contribution is 0.255. The van der Waals surface area contributed by atoms with E-state index in [1.807, 2.05) is 44.2 Å². The predicted octanol–water partition coefficient (Wildman–Crippen LogP) is 2.92. The Hall–Kier alpha value is -2.54. The molecule has 4 rings (SSSR count). The van der Waals surface area contributed by atoms with Gasteiger partial charge in [0.25, 0.3) is 0 Å². The number of sulfone groups is 1. The van der Waals surface area contributed by atoms with Crippen LogP contribution in [0.4, 0.5) is 16.2 Å². The van der Waals surface area contributed by atoms with Gasteiger partial charge in [-0.2, -0.15) is 0 Å². The van der Waals surface area contributed by atoms with E-state index in [1.54, 1.807) is 29.0 Å². The molecule has 2 aromatic rings. The SMILES string of the molecule is COc1ccccc1N1C(=O)N(c2cc(C)cc(C)c2)[C@H]2CS(=O)(=O)C[C@@H]21. The largest absolute Gasteiger partial charge is 0.495 e. The van der Waals surface area contributed by atoms with Crippen LogP contribution in [-0.4, -0.2) is 45.1 Å². The van der Waals surface area contributed by atoms with E-state index in [2.05, 4.69) is 0 Å². The highest BCUT2D eigenvalue weighted by atomic mass is 32.2. The first-order valence-electron chi connectivity index (χ1n) is 8.85. The summed E-state index contributed by atoms with van der Waals surface area (Å²) >= 11 is 0. The molecule has 0 unspecified atom stereocenters. The lowest BCUT2D eigenvalue weighted by atomic mass is 10.1. The zero-order chi connectivity index (χ0) is 19.3. The van der Waals surface area contributed by atoms with Gasteiger partial charge in [0.05, 0.1) is 36.4 Å². The van der Waals surface area contributed by atoms with Crippen molar-refractivity contribution in [1.82, 2.24) is 0 Å². The molecule has 2 aliphatic rings. The average molecular weight is 386 g/mol. The van der Waals surface area contributed by atoms with Crippen molar-refractivity contribution in [3.63, 3.8) is 0 Å². The van der Waals surface area contributed by atoms with Crippen molar-refractivity contribution in [3.05, 3.63) is 53.6 Å². The summed E-state index contributed by atoms with van der Waals surface area (Å²) in [5, 5.41) is 0. The Bertz CT molecular complexity index is 998. The number of hydrogen-bond acceptors (Lipinski definition) is 4. The molecule has 6 nitrogen and oxygen atoms in total. The van der Waals surface area contributed by atoms with Crippen LogP contribution in [0.1, 0.15) is 11.1 Å². The summed E-state index contributed by atoms with van der Waals surface area (Å²) in [5.41, 5.74) is 3.41. The molecule has 2 saturated heterocycles. The fraction of sp³-hybridized carbons (Fsp3) is 0.350. The maximum absolute atomic E-state index is 13.4. The minimum atomic E-state index is -3.23. The van der Waals surface area contributed by atoms with Crippen LogP contribution in [0.5, 0.6) is 5.75 Å². The fourth-order valence-corrected chi connectivity index (χ4v) is 6.12. The molecule has 0 radical (unpaired) electrons. The molecular weight excluding hydrogens is 364 g/mol.